The van der Waals surface area contributed by atoms with Gasteiger partial charge in [0.25, 0.3) is 0 Å². The molecule has 0 fully saturated rings. The molecule has 1 aromatic rings. The van der Waals surface area contributed by atoms with E-state index < -0.39 is 17.9 Å². The number of pyridine rings is 1. The lowest BCUT2D eigenvalue weighted by Crippen LogP contribution is -2.27. The van der Waals surface area contributed by atoms with Gasteiger partial charge in [-0.1, -0.05) is 18.5 Å². The summed E-state index contributed by atoms with van der Waals surface area (Å²) in [4.78, 5) is 26.8. The molecule has 0 amide bonds. The van der Waals surface area contributed by atoms with E-state index in [9.17, 15) is 9.59 Å². The van der Waals surface area contributed by atoms with Crippen LogP contribution in [0.2, 0.25) is 5.02 Å². The van der Waals surface area contributed by atoms with Crippen LogP contribution in [0.5, 0.6) is 0 Å². The van der Waals surface area contributed by atoms with Crippen LogP contribution in [0.3, 0.4) is 0 Å². The minimum Gasteiger partial charge on any atom is -0.480 e. The van der Waals surface area contributed by atoms with E-state index in [4.69, 9.17) is 21.4 Å². The van der Waals surface area contributed by atoms with Crippen LogP contribution in [-0.2, 0) is 14.3 Å². The monoisotopic (exact) mass is 271 g/mol. The molecule has 1 heterocycles. The number of carboxylic acids is 1. The summed E-state index contributed by atoms with van der Waals surface area (Å²) < 4.78 is 5.01. The highest BCUT2D eigenvalue weighted by molar-refractivity contribution is 6.31. The summed E-state index contributed by atoms with van der Waals surface area (Å²) in [5.41, 5.74) is -0.0000280. The van der Waals surface area contributed by atoms with Gasteiger partial charge in [-0.05, 0) is 25.5 Å². The van der Waals surface area contributed by atoms with Crippen molar-refractivity contribution in [2.45, 2.75) is 32.3 Å². The Morgan fingerprint density at radius 2 is 2.22 bits per heavy atom. The highest BCUT2D eigenvalue weighted by Gasteiger charge is 2.33. The molecule has 0 aliphatic rings. The smallest absolute Gasteiger partial charge is 0.326 e. The summed E-state index contributed by atoms with van der Waals surface area (Å²) in [6, 6.07) is 3.04. The number of hydrogen-bond donors (Lipinski definition) is 1. The van der Waals surface area contributed by atoms with Crippen LogP contribution in [-0.4, -0.2) is 28.1 Å². The first-order valence-corrected chi connectivity index (χ1v) is 5.88. The van der Waals surface area contributed by atoms with E-state index in [0.717, 1.165) is 0 Å². The minimum atomic E-state index is -1.49. The molecule has 0 spiro atoms. The fourth-order valence-corrected chi connectivity index (χ4v) is 1.52. The number of rotatable bonds is 5. The fraction of sp³-hybridized carbons (Fsp3) is 0.417. The van der Waals surface area contributed by atoms with Gasteiger partial charge in [0.15, 0.2) is 5.92 Å². The molecule has 0 bridgehead atoms. The molecule has 2 unspecified atom stereocenters. The van der Waals surface area contributed by atoms with Gasteiger partial charge in [0.2, 0.25) is 0 Å². The van der Waals surface area contributed by atoms with Crippen molar-refractivity contribution in [2.24, 2.45) is 0 Å². The summed E-state index contributed by atoms with van der Waals surface area (Å²) >= 11 is 5.84. The predicted octanol–water partition coefficient (Wildman–Crippen LogP) is 2.24. The van der Waals surface area contributed by atoms with Crippen molar-refractivity contribution in [1.29, 1.82) is 0 Å². The van der Waals surface area contributed by atoms with Crippen LogP contribution in [0.25, 0.3) is 0 Å². The largest absolute Gasteiger partial charge is 0.480 e. The molecule has 1 N–H and O–H groups in total. The quantitative estimate of drug-likeness (QED) is 0.656. The third-order valence-electron chi connectivity index (χ3n) is 2.44. The first kappa shape index (κ1) is 14.4. The van der Waals surface area contributed by atoms with Crippen molar-refractivity contribution in [3.63, 3.8) is 0 Å². The van der Waals surface area contributed by atoms with Crippen LogP contribution >= 0.6 is 11.6 Å². The summed E-state index contributed by atoms with van der Waals surface area (Å²) in [6.07, 6.45) is 1.64. The number of halogens is 1. The molecule has 0 radical (unpaired) electrons. The normalized spacial score (nSPS) is 13.7. The van der Waals surface area contributed by atoms with Gasteiger partial charge < -0.3 is 9.84 Å². The van der Waals surface area contributed by atoms with Crippen LogP contribution in [0.4, 0.5) is 0 Å². The van der Waals surface area contributed by atoms with Gasteiger partial charge in [0, 0.05) is 6.20 Å². The third kappa shape index (κ3) is 3.43. The van der Waals surface area contributed by atoms with E-state index in [1.807, 2.05) is 6.92 Å². The second-order valence-corrected chi connectivity index (χ2v) is 4.20. The molecule has 5 nitrogen and oxygen atoms in total. The Hall–Kier alpha value is -1.62. The standard InChI is InChI=1S/C12H14ClNO4/c1-3-7(2)18-12(17)9(11(15)16)10-8(13)5-4-6-14-10/h4-7,9H,3H2,1-2H3,(H,15,16). The van der Waals surface area contributed by atoms with Crippen LogP contribution < -0.4 is 0 Å². The van der Waals surface area contributed by atoms with Crippen molar-refractivity contribution in [1.82, 2.24) is 4.98 Å². The molecular formula is C12H14ClNO4. The molecule has 0 aliphatic carbocycles. The fourth-order valence-electron chi connectivity index (χ4n) is 1.29. The molecule has 2 atom stereocenters. The highest BCUT2D eigenvalue weighted by atomic mass is 35.5. The highest BCUT2D eigenvalue weighted by Crippen LogP contribution is 2.24. The maximum atomic E-state index is 11.8. The number of carbonyl (C=O) groups excluding carboxylic acids is 1. The first-order valence-electron chi connectivity index (χ1n) is 5.51. The minimum absolute atomic E-state index is 0.0000280. The van der Waals surface area contributed by atoms with Crippen molar-refractivity contribution in [2.75, 3.05) is 0 Å². The van der Waals surface area contributed by atoms with Crippen molar-refractivity contribution in [3.8, 4) is 0 Å². The topological polar surface area (TPSA) is 76.5 Å². The van der Waals surface area contributed by atoms with E-state index in [0.29, 0.717) is 6.42 Å². The van der Waals surface area contributed by atoms with E-state index in [1.165, 1.54) is 12.3 Å². The molecule has 1 aromatic heterocycles. The maximum Gasteiger partial charge on any atom is 0.326 e. The van der Waals surface area contributed by atoms with Crippen molar-refractivity contribution < 1.29 is 19.4 Å². The number of ether oxygens (including phenoxy) is 1. The Kier molecular flexibility index (Phi) is 5.09. The van der Waals surface area contributed by atoms with E-state index in [1.54, 1.807) is 13.0 Å². The van der Waals surface area contributed by atoms with E-state index in [-0.39, 0.29) is 16.8 Å². The van der Waals surface area contributed by atoms with Gasteiger partial charge >= 0.3 is 11.9 Å². The number of hydrogen-bond acceptors (Lipinski definition) is 4. The Morgan fingerprint density at radius 1 is 1.56 bits per heavy atom. The lowest BCUT2D eigenvalue weighted by molar-refractivity contribution is -0.157. The Balaban J connectivity index is 3.01. The third-order valence-corrected chi connectivity index (χ3v) is 2.75. The summed E-state index contributed by atoms with van der Waals surface area (Å²) in [5.74, 6) is -3.67. The average molecular weight is 272 g/mol. The molecular weight excluding hydrogens is 258 g/mol. The van der Waals surface area contributed by atoms with Crippen molar-refractivity contribution in [3.05, 3.63) is 29.0 Å². The zero-order chi connectivity index (χ0) is 13.7. The lowest BCUT2D eigenvalue weighted by atomic mass is 10.1. The number of nitrogens with zero attached hydrogens (tertiary/aromatic N) is 1. The van der Waals surface area contributed by atoms with Gasteiger partial charge in [-0.15, -0.1) is 0 Å². The van der Waals surface area contributed by atoms with Crippen LogP contribution in [0.15, 0.2) is 18.3 Å². The summed E-state index contributed by atoms with van der Waals surface area (Å²) in [5, 5.41) is 9.24. The summed E-state index contributed by atoms with van der Waals surface area (Å²) in [6.45, 7) is 3.53. The Labute approximate surface area is 110 Å². The van der Waals surface area contributed by atoms with Gasteiger partial charge in [0.1, 0.15) is 0 Å². The number of aromatic nitrogens is 1. The van der Waals surface area contributed by atoms with Crippen LogP contribution in [0.1, 0.15) is 31.9 Å². The number of carboxylic acid groups (broad SMARTS) is 1. The molecule has 0 saturated heterocycles. The van der Waals surface area contributed by atoms with E-state index >= 15 is 0 Å². The Morgan fingerprint density at radius 3 is 2.72 bits per heavy atom. The van der Waals surface area contributed by atoms with Gasteiger partial charge in [-0.2, -0.15) is 0 Å². The number of aliphatic carboxylic acids is 1. The lowest BCUT2D eigenvalue weighted by Gasteiger charge is -2.16. The van der Waals surface area contributed by atoms with Gasteiger partial charge in [0.05, 0.1) is 16.8 Å². The Bertz CT molecular complexity index is 449. The predicted molar refractivity (Wildman–Crippen MR) is 65.5 cm³/mol. The molecule has 1 rings (SSSR count). The second kappa shape index (κ2) is 6.35. The zero-order valence-electron chi connectivity index (χ0n) is 10.1. The average Bonchev–Trinajstić information content (AvgIpc) is 2.31. The SMILES string of the molecule is CCC(C)OC(=O)C(C(=O)O)c1ncccc1Cl. The number of carbonyl (C=O) groups is 2. The van der Waals surface area contributed by atoms with Gasteiger partial charge in [-0.3, -0.25) is 14.6 Å². The van der Waals surface area contributed by atoms with Crippen molar-refractivity contribution >= 4 is 23.5 Å². The first-order chi connectivity index (χ1) is 8.47. The second-order valence-electron chi connectivity index (χ2n) is 3.80. The molecule has 6 heteroatoms. The molecule has 98 valence electrons. The molecule has 0 aromatic carbocycles. The number of esters is 1. The summed E-state index contributed by atoms with van der Waals surface area (Å²) in [7, 11) is 0. The van der Waals surface area contributed by atoms with Crippen LogP contribution in [0, 0.1) is 0 Å². The van der Waals surface area contributed by atoms with E-state index in [2.05, 4.69) is 4.98 Å². The molecule has 0 aliphatic heterocycles. The zero-order valence-corrected chi connectivity index (χ0v) is 10.8. The maximum absolute atomic E-state index is 11.8. The van der Waals surface area contributed by atoms with Gasteiger partial charge in [-0.25, -0.2) is 0 Å². The molecule has 18 heavy (non-hydrogen) atoms. The molecule has 0 saturated carbocycles.